The summed E-state index contributed by atoms with van der Waals surface area (Å²) in [7, 11) is -3.41. The van der Waals surface area contributed by atoms with Gasteiger partial charge in [-0.2, -0.15) is 0 Å². The van der Waals surface area contributed by atoms with Gasteiger partial charge in [-0.3, -0.25) is 4.72 Å². The molecule has 0 unspecified atom stereocenters. The van der Waals surface area contributed by atoms with E-state index < -0.39 is 15.8 Å². The molecule has 100 valence electrons. The number of nitrogens with one attached hydrogen (secondary N) is 1. The van der Waals surface area contributed by atoms with Crippen molar-refractivity contribution in [1.29, 1.82) is 0 Å². The fraction of sp³-hybridized carbons (Fsp3) is 0.364. The summed E-state index contributed by atoms with van der Waals surface area (Å²) in [6.45, 7) is 1.90. The molecule has 3 N–H and O–H groups in total. The molecule has 1 aromatic rings. The fourth-order valence-electron chi connectivity index (χ4n) is 1.34. The summed E-state index contributed by atoms with van der Waals surface area (Å²) < 4.78 is 39.0. The molecule has 0 radical (unpaired) electrons. The summed E-state index contributed by atoms with van der Waals surface area (Å²) in [5.74, 6) is -0.539. The van der Waals surface area contributed by atoms with Crippen molar-refractivity contribution in [2.75, 3.05) is 10.5 Å². The van der Waals surface area contributed by atoms with Crippen LogP contribution in [0.1, 0.15) is 25.3 Å². The monoisotopic (exact) mass is 290 g/mol. The maximum atomic E-state index is 13.3. The van der Waals surface area contributed by atoms with Crippen LogP contribution in [0.15, 0.2) is 18.2 Å². The molecule has 0 heterocycles. The highest BCUT2D eigenvalue weighted by Gasteiger charge is 2.12. The van der Waals surface area contributed by atoms with Gasteiger partial charge in [0.15, 0.2) is 0 Å². The van der Waals surface area contributed by atoms with Crippen LogP contribution in [-0.4, -0.2) is 19.2 Å². The van der Waals surface area contributed by atoms with E-state index in [0.717, 1.165) is 12.5 Å². The average molecular weight is 290 g/mol. The predicted octanol–water partition coefficient (Wildman–Crippen LogP) is 2.00. The van der Waals surface area contributed by atoms with Crippen LogP contribution in [0.25, 0.3) is 0 Å². The molecule has 0 fully saturated rings. The molecule has 0 spiro atoms. The van der Waals surface area contributed by atoms with E-state index in [1.54, 1.807) is 0 Å². The summed E-state index contributed by atoms with van der Waals surface area (Å²) in [5.41, 5.74) is 5.63. The molecule has 0 aliphatic rings. The van der Waals surface area contributed by atoms with E-state index in [0.29, 0.717) is 6.42 Å². The van der Waals surface area contributed by atoms with E-state index in [2.05, 4.69) is 16.9 Å². The lowest BCUT2D eigenvalue weighted by Crippen LogP contribution is -2.18. The van der Waals surface area contributed by atoms with Crippen LogP contribution >= 0.6 is 12.2 Å². The Morgan fingerprint density at radius 1 is 1.50 bits per heavy atom. The van der Waals surface area contributed by atoms with Gasteiger partial charge in [-0.15, -0.1) is 0 Å². The van der Waals surface area contributed by atoms with Crippen molar-refractivity contribution in [3.63, 3.8) is 0 Å². The van der Waals surface area contributed by atoms with Crippen molar-refractivity contribution in [2.24, 2.45) is 5.73 Å². The number of anilines is 1. The topological polar surface area (TPSA) is 72.2 Å². The molecule has 1 aromatic carbocycles. The lowest BCUT2D eigenvalue weighted by molar-refractivity contribution is 0.597. The maximum Gasteiger partial charge on any atom is 0.232 e. The number of hydrogen-bond acceptors (Lipinski definition) is 3. The van der Waals surface area contributed by atoms with Crippen molar-refractivity contribution in [3.8, 4) is 0 Å². The lowest BCUT2D eigenvalue weighted by Gasteiger charge is -2.09. The Bertz CT molecular complexity index is 544. The standard InChI is InChI=1S/C11H15FN2O2S2/c1-2-3-6-18(15,16)14-8-4-5-10(12)9(7-8)11(13)17/h4-5,7,14H,2-3,6H2,1H3,(H2,13,17). The molecule has 0 atom stereocenters. The zero-order valence-electron chi connectivity index (χ0n) is 9.94. The van der Waals surface area contributed by atoms with Crippen molar-refractivity contribution in [1.82, 2.24) is 0 Å². The van der Waals surface area contributed by atoms with Gasteiger partial charge >= 0.3 is 0 Å². The molecule has 0 bridgehead atoms. The summed E-state index contributed by atoms with van der Waals surface area (Å²) in [5, 5.41) is 0. The first kappa shape index (κ1) is 14.8. The largest absolute Gasteiger partial charge is 0.389 e. The third-order valence-corrected chi connectivity index (χ3v) is 3.86. The molecule has 4 nitrogen and oxygen atoms in total. The Hall–Kier alpha value is -1.21. The van der Waals surface area contributed by atoms with Crippen LogP contribution in [0.5, 0.6) is 0 Å². The Labute approximate surface area is 111 Å². The Balaban J connectivity index is 2.92. The number of halogens is 1. The van der Waals surface area contributed by atoms with E-state index in [4.69, 9.17) is 5.73 Å². The second-order valence-corrected chi connectivity index (χ2v) is 6.12. The summed E-state index contributed by atoms with van der Waals surface area (Å²) >= 11 is 4.68. The zero-order chi connectivity index (χ0) is 13.8. The van der Waals surface area contributed by atoms with Gasteiger partial charge in [0, 0.05) is 11.3 Å². The van der Waals surface area contributed by atoms with E-state index in [-0.39, 0.29) is 22.0 Å². The number of rotatable bonds is 6. The van der Waals surface area contributed by atoms with Crippen LogP contribution in [-0.2, 0) is 10.0 Å². The smallest absolute Gasteiger partial charge is 0.232 e. The molecule has 1 rings (SSSR count). The normalized spacial score (nSPS) is 11.2. The van der Waals surface area contributed by atoms with Gasteiger partial charge < -0.3 is 5.73 Å². The van der Waals surface area contributed by atoms with Gasteiger partial charge in [0.05, 0.1) is 5.75 Å². The van der Waals surface area contributed by atoms with Crippen molar-refractivity contribution >= 4 is 32.9 Å². The minimum atomic E-state index is -3.41. The number of nitrogens with two attached hydrogens (primary N) is 1. The highest BCUT2D eigenvalue weighted by molar-refractivity contribution is 7.92. The van der Waals surface area contributed by atoms with Crippen LogP contribution in [0.3, 0.4) is 0 Å². The van der Waals surface area contributed by atoms with E-state index >= 15 is 0 Å². The molecule has 0 aromatic heterocycles. The van der Waals surface area contributed by atoms with Gasteiger partial charge in [-0.25, -0.2) is 12.8 Å². The molecule has 0 saturated carbocycles. The second-order valence-electron chi connectivity index (χ2n) is 3.83. The van der Waals surface area contributed by atoms with Crippen molar-refractivity contribution in [2.45, 2.75) is 19.8 Å². The second kappa shape index (κ2) is 6.10. The maximum absolute atomic E-state index is 13.3. The Morgan fingerprint density at radius 3 is 2.72 bits per heavy atom. The minimum absolute atomic E-state index is 0.0284. The highest BCUT2D eigenvalue weighted by Crippen LogP contribution is 2.16. The van der Waals surface area contributed by atoms with Gasteiger partial charge in [0.25, 0.3) is 0 Å². The summed E-state index contributed by atoms with van der Waals surface area (Å²) in [6, 6.07) is 3.76. The van der Waals surface area contributed by atoms with Gasteiger partial charge in [-0.1, -0.05) is 25.6 Å². The number of unbranched alkanes of at least 4 members (excludes halogenated alkanes) is 1. The zero-order valence-corrected chi connectivity index (χ0v) is 11.6. The molecular formula is C11H15FN2O2S2. The van der Waals surface area contributed by atoms with Crippen molar-refractivity contribution in [3.05, 3.63) is 29.6 Å². The Morgan fingerprint density at radius 2 is 2.17 bits per heavy atom. The Kier molecular flexibility index (Phi) is 5.03. The van der Waals surface area contributed by atoms with Crippen LogP contribution in [0, 0.1) is 5.82 Å². The van der Waals surface area contributed by atoms with E-state index in [9.17, 15) is 12.8 Å². The van der Waals surface area contributed by atoms with Gasteiger partial charge in [0.2, 0.25) is 10.0 Å². The third-order valence-electron chi connectivity index (χ3n) is 2.27. The van der Waals surface area contributed by atoms with Gasteiger partial charge in [-0.05, 0) is 24.6 Å². The van der Waals surface area contributed by atoms with E-state index in [1.807, 2.05) is 6.92 Å². The first-order chi connectivity index (χ1) is 8.35. The SMILES string of the molecule is CCCCS(=O)(=O)Nc1ccc(F)c(C(N)=S)c1. The summed E-state index contributed by atoms with van der Waals surface area (Å²) in [4.78, 5) is -0.109. The molecule has 0 aliphatic carbocycles. The first-order valence-corrected chi connectivity index (χ1v) is 7.51. The highest BCUT2D eigenvalue weighted by atomic mass is 32.2. The van der Waals surface area contributed by atoms with E-state index in [1.165, 1.54) is 12.1 Å². The molecule has 0 saturated heterocycles. The molecule has 7 heteroatoms. The molecule has 18 heavy (non-hydrogen) atoms. The van der Waals surface area contributed by atoms with Gasteiger partial charge in [0.1, 0.15) is 10.8 Å². The fourth-order valence-corrected chi connectivity index (χ4v) is 2.76. The summed E-state index contributed by atoms with van der Waals surface area (Å²) in [6.07, 6.45) is 1.35. The number of hydrogen-bond donors (Lipinski definition) is 2. The molecule has 0 amide bonds. The van der Waals surface area contributed by atoms with Crippen molar-refractivity contribution < 1.29 is 12.8 Å². The number of sulfonamides is 1. The third kappa shape index (κ3) is 4.23. The average Bonchev–Trinajstić information content (AvgIpc) is 2.28. The van der Waals surface area contributed by atoms with Crippen LogP contribution < -0.4 is 10.5 Å². The van der Waals surface area contributed by atoms with Crippen LogP contribution in [0.2, 0.25) is 0 Å². The molecular weight excluding hydrogens is 275 g/mol. The molecule has 0 aliphatic heterocycles. The first-order valence-electron chi connectivity index (χ1n) is 5.45. The predicted molar refractivity (Wildman–Crippen MR) is 74.6 cm³/mol. The quantitative estimate of drug-likeness (QED) is 0.786. The number of benzene rings is 1. The number of thiocarbonyl (C=S) groups is 1. The minimum Gasteiger partial charge on any atom is -0.389 e. The lowest BCUT2D eigenvalue weighted by atomic mass is 10.2. The van der Waals surface area contributed by atoms with Crippen LogP contribution in [0.4, 0.5) is 10.1 Å².